The number of hydrogen-bond donors (Lipinski definition) is 1. The van der Waals surface area contributed by atoms with Crippen molar-refractivity contribution in [2.75, 3.05) is 32.7 Å². The summed E-state index contributed by atoms with van der Waals surface area (Å²) in [5, 5.41) is 10.3. The Kier molecular flexibility index (Phi) is 4.37. The van der Waals surface area contributed by atoms with Crippen LogP contribution in [0.5, 0.6) is 0 Å². The number of pyridine rings is 1. The van der Waals surface area contributed by atoms with Gasteiger partial charge in [-0.1, -0.05) is 18.2 Å². The van der Waals surface area contributed by atoms with Crippen molar-refractivity contribution in [3.05, 3.63) is 66.0 Å². The minimum Gasteiger partial charge on any atom is -0.392 e. The van der Waals surface area contributed by atoms with Gasteiger partial charge in [-0.2, -0.15) is 0 Å². The molecule has 0 saturated carbocycles. The van der Waals surface area contributed by atoms with Gasteiger partial charge in [0.25, 0.3) is 11.8 Å². The summed E-state index contributed by atoms with van der Waals surface area (Å²) >= 11 is 0. The number of aliphatic hydroxyl groups excluding tert-OH is 1. The molecule has 1 spiro atoms. The van der Waals surface area contributed by atoms with Crippen LogP contribution in [0.25, 0.3) is 0 Å². The number of benzene rings is 1. The minimum absolute atomic E-state index is 0.0169. The highest BCUT2D eigenvalue weighted by atomic mass is 16.3. The molecule has 1 aromatic heterocycles. The van der Waals surface area contributed by atoms with E-state index in [1.54, 1.807) is 24.5 Å². The van der Waals surface area contributed by atoms with Crippen molar-refractivity contribution >= 4 is 11.8 Å². The normalized spacial score (nSPS) is 25.6. The van der Waals surface area contributed by atoms with Crippen LogP contribution in [0.2, 0.25) is 0 Å². The van der Waals surface area contributed by atoms with E-state index in [2.05, 4.69) is 9.88 Å². The van der Waals surface area contributed by atoms with Crippen LogP contribution in [0.3, 0.4) is 0 Å². The molecule has 2 aromatic rings. The van der Waals surface area contributed by atoms with Crippen LogP contribution in [0, 0.1) is 0 Å². The number of carbonyl (C=O) groups is 2. The van der Waals surface area contributed by atoms with E-state index < -0.39 is 0 Å². The van der Waals surface area contributed by atoms with Gasteiger partial charge in [0.15, 0.2) is 0 Å². The van der Waals surface area contributed by atoms with Gasteiger partial charge in [-0.05, 0) is 30.7 Å². The molecule has 7 heteroatoms. The molecular formula is C22H24N4O3. The molecule has 0 bridgehead atoms. The van der Waals surface area contributed by atoms with E-state index in [0.29, 0.717) is 50.3 Å². The Morgan fingerprint density at radius 2 is 1.62 bits per heavy atom. The number of β-amino-alcohol motifs (C(OH)–C–C–N with tert-alkyl or cyclic N) is 1. The van der Waals surface area contributed by atoms with Gasteiger partial charge in [0.2, 0.25) is 0 Å². The zero-order valence-electron chi connectivity index (χ0n) is 16.1. The van der Waals surface area contributed by atoms with Crippen LogP contribution in [-0.4, -0.2) is 87.0 Å². The Balaban J connectivity index is 1.37. The van der Waals surface area contributed by atoms with E-state index in [0.717, 1.165) is 0 Å². The lowest BCUT2D eigenvalue weighted by Gasteiger charge is -2.60. The number of hydrogen-bond acceptors (Lipinski definition) is 5. The van der Waals surface area contributed by atoms with Crippen molar-refractivity contribution in [2.24, 2.45) is 0 Å². The lowest BCUT2D eigenvalue weighted by Crippen LogP contribution is -2.79. The second-order valence-corrected chi connectivity index (χ2v) is 8.37. The zero-order valence-corrected chi connectivity index (χ0v) is 16.1. The summed E-state index contributed by atoms with van der Waals surface area (Å²) in [6.07, 6.45) is 3.52. The number of amides is 2. The summed E-state index contributed by atoms with van der Waals surface area (Å²) in [6.45, 7) is 2.90. The van der Waals surface area contributed by atoms with E-state index in [9.17, 15) is 14.7 Å². The number of fused-ring (bicyclic) bond motifs is 2. The molecule has 1 N–H and O–H groups in total. The number of nitrogens with zero attached hydrogens (tertiary/aromatic N) is 4. The summed E-state index contributed by atoms with van der Waals surface area (Å²) in [6, 6.07) is 13.0. The average Bonchev–Trinajstić information content (AvgIpc) is 3.12. The molecule has 0 unspecified atom stereocenters. The molecule has 1 aromatic carbocycles. The van der Waals surface area contributed by atoms with Crippen LogP contribution < -0.4 is 0 Å². The number of aliphatic hydroxyl groups is 1. The van der Waals surface area contributed by atoms with Gasteiger partial charge in [0.05, 0.1) is 17.2 Å². The Morgan fingerprint density at radius 1 is 0.931 bits per heavy atom. The highest BCUT2D eigenvalue weighted by molar-refractivity contribution is 5.95. The minimum atomic E-state index is -0.385. The third-order valence-electron chi connectivity index (χ3n) is 6.39. The van der Waals surface area contributed by atoms with Crippen LogP contribution in [0.1, 0.15) is 27.1 Å². The predicted octanol–water partition coefficient (Wildman–Crippen LogP) is 0.867. The summed E-state index contributed by atoms with van der Waals surface area (Å²) in [7, 11) is 0. The summed E-state index contributed by atoms with van der Waals surface area (Å²) in [5.74, 6) is -0.0189. The van der Waals surface area contributed by atoms with Crippen molar-refractivity contribution in [3.63, 3.8) is 0 Å². The van der Waals surface area contributed by atoms with E-state index in [-0.39, 0.29) is 29.5 Å². The quantitative estimate of drug-likeness (QED) is 0.821. The first-order chi connectivity index (χ1) is 14.1. The Bertz CT molecular complexity index is 914. The Morgan fingerprint density at radius 3 is 2.34 bits per heavy atom. The predicted molar refractivity (Wildman–Crippen MR) is 106 cm³/mol. The third kappa shape index (κ3) is 3.10. The van der Waals surface area contributed by atoms with Crippen molar-refractivity contribution in [1.29, 1.82) is 0 Å². The highest BCUT2D eigenvalue weighted by Gasteiger charge is 2.57. The average molecular weight is 392 g/mol. The second-order valence-electron chi connectivity index (χ2n) is 8.37. The van der Waals surface area contributed by atoms with E-state index >= 15 is 0 Å². The van der Waals surface area contributed by atoms with Gasteiger partial charge >= 0.3 is 0 Å². The zero-order chi connectivity index (χ0) is 20.0. The summed E-state index contributed by atoms with van der Waals surface area (Å²) in [5.41, 5.74) is 0.966. The molecule has 3 saturated heterocycles. The van der Waals surface area contributed by atoms with Crippen molar-refractivity contribution < 1.29 is 14.7 Å². The second kappa shape index (κ2) is 6.93. The van der Waals surface area contributed by atoms with Gasteiger partial charge < -0.3 is 14.9 Å². The Hall–Kier alpha value is -2.77. The molecule has 3 aliphatic heterocycles. The number of rotatable bonds is 2. The lowest BCUT2D eigenvalue weighted by molar-refractivity contribution is -0.0917. The van der Waals surface area contributed by atoms with Crippen LogP contribution >= 0.6 is 0 Å². The standard InChI is InChI=1S/C22H24N4O3/c27-19-9-18-11-24(21(29)17-7-4-8-23-10-17)13-22(26(18)12-19)14-25(15-22)20(28)16-5-2-1-3-6-16/h1-8,10,18-19,27H,9,11-15H2/t18-,19+/m0/s1. The van der Waals surface area contributed by atoms with Gasteiger partial charge in [-0.3, -0.25) is 19.5 Å². The summed E-state index contributed by atoms with van der Waals surface area (Å²) in [4.78, 5) is 36.0. The maximum absolute atomic E-state index is 13.1. The molecule has 5 rings (SSSR count). The number of aromatic nitrogens is 1. The van der Waals surface area contributed by atoms with Gasteiger partial charge in [0, 0.05) is 56.7 Å². The molecule has 2 atom stereocenters. The smallest absolute Gasteiger partial charge is 0.255 e. The Labute approximate surface area is 169 Å². The van der Waals surface area contributed by atoms with E-state index in [1.807, 2.05) is 40.1 Å². The van der Waals surface area contributed by atoms with Crippen molar-refractivity contribution in [1.82, 2.24) is 19.7 Å². The number of piperazine rings is 1. The first kappa shape index (κ1) is 18.3. The van der Waals surface area contributed by atoms with Crippen molar-refractivity contribution in [3.8, 4) is 0 Å². The highest BCUT2D eigenvalue weighted by Crippen LogP contribution is 2.39. The fourth-order valence-electron chi connectivity index (χ4n) is 5.09. The fourth-order valence-corrected chi connectivity index (χ4v) is 5.09. The molecule has 150 valence electrons. The molecule has 0 radical (unpaired) electrons. The number of carbonyl (C=O) groups excluding carboxylic acids is 2. The van der Waals surface area contributed by atoms with Crippen LogP contribution in [0.15, 0.2) is 54.9 Å². The number of likely N-dealkylation sites (tertiary alicyclic amines) is 1. The molecule has 2 amide bonds. The maximum atomic E-state index is 13.1. The monoisotopic (exact) mass is 392 g/mol. The lowest BCUT2D eigenvalue weighted by atomic mass is 9.83. The largest absolute Gasteiger partial charge is 0.392 e. The first-order valence-electron chi connectivity index (χ1n) is 10.0. The molecule has 3 fully saturated rings. The maximum Gasteiger partial charge on any atom is 0.255 e. The first-order valence-corrected chi connectivity index (χ1v) is 10.0. The fraction of sp³-hybridized carbons (Fsp3) is 0.409. The third-order valence-corrected chi connectivity index (χ3v) is 6.39. The van der Waals surface area contributed by atoms with Crippen LogP contribution in [0.4, 0.5) is 0 Å². The molecule has 29 heavy (non-hydrogen) atoms. The summed E-state index contributed by atoms with van der Waals surface area (Å²) < 4.78 is 0. The van der Waals surface area contributed by atoms with Gasteiger partial charge in [-0.25, -0.2) is 0 Å². The van der Waals surface area contributed by atoms with Crippen LogP contribution in [-0.2, 0) is 0 Å². The van der Waals surface area contributed by atoms with Gasteiger partial charge in [-0.15, -0.1) is 0 Å². The van der Waals surface area contributed by atoms with Crippen molar-refractivity contribution in [2.45, 2.75) is 24.1 Å². The molecule has 4 heterocycles. The van der Waals surface area contributed by atoms with E-state index in [1.165, 1.54) is 0 Å². The molecule has 0 aliphatic carbocycles. The van der Waals surface area contributed by atoms with Gasteiger partial charge in [0.1, 0.15) is 0 Å². The SMILES string of the molecule is O=C(c1cccnc1)N1C[C@@H]2C[C@@H](O)CN2C2(C1)CN(C(=O)c1ccccc1)C2. The molecular weight excluding hydrogens is 368 g/mol. The van der Waals surface area contributed by atoms with E-state index in [4.69, 9.17) is 0 Å². The molecule has 7 nitrogen and oxygen atoms in total. The molecule has 3 aliphatic rings. The topological polar surface area (TPSA) is 77.0 Å².